The quantitative estimate of drug-likeness (QED) is 0.749. The second kappa shape index (κ2) is 7.63. The van der Waals surface area contributed by atoms with E-state index in [0.29, 0.717) is 13.1 Å². The first-order chi connectivity index (χ1) is 13.2. The molecule has 0 fully saturated rings. The minimum Gasteiger partial charge on any atom is -0.394 e. The van der Waals surface area contributed by atoms with Crippen molar-refractivity contribution < 1.29 is 9.90 Å². The van der Waals surface area contributed by atoms with Crippen LogP contribution in [0.1, 0.15) is 11.1 Å². The lowest BCUT2D eigenvalue weighted by molar-refractivity contribution is 0.206. The van der Waals surface area contributed by atoms with Gasteiger partial charge in [0, 0.05) is 30.5 Å². The van der Waals surface area contributed by atoms with Gasteiger partial charge in [-0.1, -0.05) is 36.4 Å². The molecule has 0 saturated carbocycles. The van der Waals surface area contributed by atoms with Crippen LogP contribution in [0.25, 0.3) is 11.1 Å². The molecule has 27 heavy (non-hydrogen) atoms. The van der Waals surface area contributed by atoms with Crippen molar-refractivity contribution >= 4 is 11.7 Å². The Labute approximate surface area is 158 Å². The number of nitrogens with zero attached hydrogens (tertiary/aromatic N) is 3. The van der Waals surface area contributed by atoms with Gasteiger partial charge in [0.2, 0.25) is 0 Å². The summed E-state index contributed by atoms with van der Waals surface area (Å²) in [4.78, 5) is 14.4. The number of nitrogens with one attached hydrogen (secondary N) is 1. The SMILES string of the molecule is O=C(Nc1ccc(-c2cnn(CCO)c2)cc1)N1CCc2ccccc2C1. The summed E-state index contributed by atoms with van der Waals surface area (Å²) in [5, 5.41) is 16.2. The zero-order valence-corrected chi connectivity index (χ0v) is 15.0. The highest BCUT2D eigenvalue weighted by Crippen LogP contribution is 2.22. The Kier molecular flexibility index (Phi) is 4.89. The number of aromatic nitrogens is 2. The van der Waals surface area contributed by atoms with Gasteiger partial charge in [-0.05, 0) is 35.2 Å². The Hall–Kier alpha value is -3.12. The van der Waals surface area contributed by atoms with Gasteiger partial charge in [0.15, 0.2) is 0 Å². The molecule has 1 aliphatic heterocycles. The zero-order chi connectivity index (χ0) is 18.6. The fourth-order valence-corrected chi connectivity index (χ4v) is 3.36. The number of rotatable bonds is 4. The zero-order valence-electron chi connectivity index (χ0n) is 15.0. The van der Waals surface area contributed by atoms with E-state index in [4.69, 9.17) is 5.11 Å². The first-order valence-electron chi connectivity index (χ1n) is 9.09. The fourth-order valence-electron chi connectivity index (χ4n) is 3.36. The highest BCUT2D eigenvalue weighted by atomic mass is 16.3. The van der Waals surface area contributed by atoms with E-state index in [-0.39, 0.29) is 12.6 Å². The number of anilines is 1. The normalized spacial score (nSPS) is 13.3. The molecule has 4 rings (SSSR count). The molecule has 0 saturated heterocycles. The van der Waals surface area contributed by atoms with Crippen LogP contribution in [0, 0.1) is 0 Å². The minimum atomic E-state index is -0.0759. The molecule has 138 valence electrons. The second-order valence-electron chi connectivity index (χ2n) is 6.66. The molecule has 1 aliphatic rings. The smallest absolute Gasteiger partial charge is 0.322 e. The fraction of sp³-hybridized carbons (Fsp3) is 0.238. The van der Waals surface area contributed by atoms with E-state index in [1.165, 1.54) is 11.1 Å². The van der Waals surface area contributed by atoms with Crippen molar-refractivity contribution in [2.45, 2.75) is 19.5 Å². The first kappa shape index (κ1) is 17.3. The topological polar surface area (TPSA) is 70.4 Å². The lowest BCUT2D eigenvalue weighted by Crippen LogP contribution is -2.38. The maximum Gasteiger partial charge on any atom is 0.322 e. The maximum atomic E-state index is 12.6. The monoisotopic (exact) mass is 362 g/mol. The predicted molar refractivity (Wildman–Crippen MR) is 104 cm³/mol. The molecule has 6 heteroatoms. The van der Waals surface area contributed by atoms with Gasteiger partial charge >= 0.3 is 6.03 Å². The van der Waals surface area contributed by atoms with E-state index < -0.39 is 0 Å². The van der Waals surface area contributed by atoms with Crippen molar-refractivity contribution in [3.05, 3.63) is 72.1 Å². The average molecular weight is 362 g/mol. The van der Waals surface area contributed by atoms with E-state index in [1.807, 2.05) is 47.5 Å². The summed E-state index contributed by atoms with van der Waals surface area (Å²) < 4.78 is 1.71. The number of carbonyl (C=O) groups is 1. The molecule has 0 radical (unpaired) electrons. The molecule has 2 heterocycles. The standard InChI is InChI=1S/C21H22N4O2/c26-12-11-25-15-19(13-22-25)17-5-7-20(8-6-17)23-21(27)24-10-9-16-3-1-2-4-18(16)14-24/h1-8,13,15,26H,9-12,14H2,(H,23,27). The highest BCUT2D eigenvalue weighted by Gasteiger charge is 2.20. The van der Waals surface area contributed by atoms with Crippen LogP contribution < -0.4 is 5.32 Å². The van der Waals surface area contributed by atoms with Gasteiger partial charge in [0.05, 0.1) is 19.3 Å². The number of carbonyl (C=O) groups excluding carboxylic acids is 1. The maximum absolute atomic E-state index is 12.6. The summed E-state index contributed by atoms with van der Waals surface area (Å²) in [6.45, 7) is 1.91. The van der Waals surface area contributed by atoms with Gasteiger partial charge in [-0.2, -0.15) is 5.10 Å². The average Bonchev–Trinajstić information content (AvgIpc) is 3.17. The summed E-state index contributed by atoms with van der Waals surface area (Å²) >= 11 is 0. The van der Waals surface area contributed by atoms with E-state index in [9.17, 15) is 4.79 Å². The summed E-state index contributed by atoms with van der Waals surface area (Å²) in [7, 11) is 0. The van der Waals surface area contributed by atoms with Gasteiger partial charge in [-0.15, -0.1) is 0 Å². The van der Waals surface area contributed by atoms with Crippen molar-refractivity contribution in [1.29, 1.82) is 0 Å². The van der Waals surface area contributed by atoms with Crippen LogP contribution in [-0.4, -0.2) is 39.0 Å². The van der Waals surface area contributed by atoms with Crippen molar-refractivity contribution in [3.63, 3.8) is 0 Å². The van der Waals surface area contributed by atoms with Gasteiger partial charge in [-0.3, -0.25) is 4.68 Å². The van der Waals surface area contributed by atoms with Gasteiger partial charge in [0.25, 0.3) is 0 Å². The van der Waals surface area contributed by atoms with Crippen LogP contribution >= 0.6 is 0 Å². The van der Waals surface area contributed by atoms with Crippen LogP contribution in [0.3, 0.4) is 0 Å². The third-order valence-electron chi connectivity index (χ3n) is 4.85. The number of hydrogen-bond acceptors (Lipinski definition) is 3. The van der Waals surface area contributed by atoms with Crippen LogP contribution in [0.5, 0.6) is 0 Å². The van der Waals surface area contributed by atoms with Crippen molar-refractivity contribution in [2.75, 3.05) is 18.5 Å². The molecule has 2 aromatic carbocycles. The lowest BCUT2D eigenvalue weighted by atomic mass is 10.0. The van der Waals surface area contributed by atoms with Crippen LogP contribution in [-0.2, 0) is 19.5 Å². The molecule has 3 aromatic rings. The molecule has 0 spiro atoms. The summed E-state index contributed by atoms with van der Waals surface area (Å²) in [5.41, 5.74) is 5.31. The van der Waals surface area contributed by atoms with E-state index >= 15 is 0 Å². The Balaban J connectivity index is 1.40. The molecule has 0 bridgehead atoms. The molecule has 2 N–H and O–H groups in total. The second-order valence-corrected chi connectivity index (χ2v) is 6.66. The Morgan fingerprint density at radius 2 is 1.85 bits per heavy atom. The van der Waals surface area contributed by atoms with Gasteiger partial charge in [-0.25, -0.2) is 4.79 Å². The Morgan fingerprint density at radius 3 is 2.63 bits per heavy atom. The highest BCUT2D eigenvalue weighted by molar-refractivity contribution is 5.89. The van der Waals surface area contributed by atoms with Crippen molar-refractivity contribution in [2.24, 2.45) is 0 Å². The van der Waals surface area contributed by atoms with Gasteiger partial charge < -0.3 is 15.3 Å². The van der Waals surface area contributed by atoms with E-state index in [2.05, 4.69) is 22.5 Å². The molecule has 1 aromatic heterocycles. The molecule has 0 aliphatic carbocycles. The molecular formula is C21H22N4O2. The third kappa shape index (κ3) is 3.85. The van der Waals surface area contributed by atoms with Crippen LogP contribution in [0.2, 0.25) is 0 Å². The number of amides is 2. The number of fused-ring (bicyclic) bond motifs is 1. The largest absolute Gasteiger partial charge is 0.394 e. The predicted octanol–water partition coefficient (Wildman–Crippen LogP) is 3.13. The summed E-state index contributed by atoms with van der Waals surface area (Å²) in [6, 6.07) is 15.9. The van der Waals surface area contributed by atoms with Crippen molar-refractivity contribution in [1.82, 2.24) is 14.7 Å². The van der Waals surface area contributed by atoms with E-state index in [1.54, 1.807) is 10.9 Å². The van der Waals surface area contributed by atoms with Gasteiger partial charge in [0.1, 0.15) is 0 Å². The number of aliphatic hydroxyl groups excluding tert-OH is 1. The molecular weight excluding hydrogens is 340 g/mol. The Morgan fingerprint density at radius 1 is 1.07 bits per heavy atom. The lowest BCUT2D eigenvalue weighted by Gasteiger charge is -2.29. The third-order valence-corrected chi connectivity index (χ3v) is 4.85. The number of hydrogen-bond donors (Lipinski definition) is 2. The van der Waals surface area contributed by atoms with Crippen LogP contribution in [0.4, 0.5) is 10.5 Å². The minimum absolute atomic E-state index is 0.0626. The molecule has 0 atom stereocenters. The number of benzene rings is 2. The number of aliphatic hydroxyl groups is 1. The van der Waals surface area contributed by atoms with E-state index in [0.717, 1.165) is 29.8 Å². The summed E-state index contributed by atoms with van der Waals surface area (Å²) in [6.07, 6.45) is 4.56. The first-order valence-corrected chi connectivity index (χ1v) is 9.09. The van der Waals surface area contributed by atoms with Crippen LogP contribution in [0.15, 0.2) is 60.9 Å². The number of urea groups is 1. The molecule has 6 nitrogen and oxygen atoms in total. The Bertz CT molecular complexity index is 933. The molecule has 0 unspecified atom stereocenters. The molecule has 2 amide bonds. The summed E-state index contributed by atoms with van der Waals surface area (Å²) in [5.74, 6) is 0. The van der Waals surface area contributed by atoms with Crippen molar-refractivity contribution in [3.8, 4) is 11.1 Å².